The van der Waals surface area contributed by atoms with Crippen molar-refractivity contribution < 1.29 is 19.1 Å². The van der Waals surface area contributed by atoms with Crippen molar-refractivity contribution in [3.05, 3.63) is 95.1 Å². The van der Waals surface area contributed by atoms with Gasteiger partial charge in [-0.15, -0.1) is 0 Å². The highest BCUT2D eigenvalue weighted by atomic mass is 16.5. The van der Waals surface area contributed by atoms with Crippen LogP contribution in [0.5, 0.6) is 11.5 Å². The first-order valence-corrected chi connectivity index (χ1v) is 10.3. The highest BCUT2D eigenvalue weighted by Gasteiger charge is 2.14. The van der Waals surface area contributed by atoms with Crippen molar-refractivity contribution in [2.24, 2.45) is 0 Å². The molecule has 0 unspecified atom stereocenters. The molecule has 0 aliphatic carbocycles. The van der Waals surface area contributed by atoms with Gasteiger partial charge in [0.2, 0.25) is 0 Å². The Bertz CT molecular complexity index is 910. The molecule has 0 aliphatic heterocycles. The molecular weight excluding hydrogens is 376 g/mol. The highest BCUT2D eigenvalue weighted by Crippen LogP contribution is 2.18. The van der Waals surface area contributed by atoms with Crippen LogP contribution in [-0.2, 0) is 12.8 Å². The molecule has 0 spiro atoms. The maximum absolute atomic E-state index is 12.5. The van der Waals surface area contributed by atoms with Crippen molar-refractivity contribution in [2.75, 3.05) is 0 Å². The SMILES string of the molecule is CCCc1ccc(OC(=O)c2cccc(C(=O)Oc3ccc(CCC)cc3)c2)cc1. The van der Waals surface area contributed by atoms with Crippen molar-refractivity contribution in [1.82, 2.24) is 0 Å². The Morgan fingerprint density at radius 3 is 1.40 bits per heavy atom. The zero-order chi connectivity index (χ0) is 21.3. The van der Waals surface area contributed by atoms with Crippen LogP contribution in [0.3, 0.4) is 0 Å². The van der Waals surface area contributed by atoms with Gasteiger partial charge in [0.15, 0.2) is 0 Å². The molecule has 3 aromatic carbocycles. The fourth-order valence-electron chi connectivity index (χ4n) is 3.13. The molecule has 4 nitrogen and oxygen atoms in total. The molecule has 0 N–H and O–H groups in total. The fourth-order valence-corrected chi connectivity index (χ4v) is 3.13. The van der Waals surface area contributed by atoms with Crippen LogP contribution in [0.1, 0.15) is 58.5 Å². The molecule has 0 fully saturated rings. The van der Waals surface area contributed by atoms with E-state index < -0.39 is 11.9 Å². The summed E-state index contributed by atoms with van der Waals surface area (Å²) in [6.45, 7) is 4.24. The summed E-state index contributed by atoms with van der Waals surface area (Å²) in [7, 11) is 0. The zero-order valence-electron chi connectivity index (χ0n) is 17.4. The van der Waals surface area contributed by atoms with Crippen LogP contribution >= 0.6 is 0 Å². The van der Waals surface area contributed by atoms with Crippen molar-refractivity contribution in [3.63, 3.8) is 0 Å². The summed E-state index contributed by atoms with van der Waals surface area (Å²) >= 11 is 0. The first kappa shape index (κ1) is 21.3. The highest BCUT2D eigenvalue weighted by molar-refractivity contribution is 5.96. The average Bonchev–Trinajstić information content (AvgIpc) is 2.77. The minimum atomic E-state index is -0.517. The first-order valence-electron chi connectivity index (χ1n) is 10.3. The van der Waals surface area contributed by atoms with Gasteiger partial charge in [-0.1, -0.05) is 57.0 Å². The summed E-state index contributed by atoms with van der Waals surface area (Å²) < 4.78 is 10.9. The van der Waals surface area contributed by atoms with Crippen LogP contribution in [0.2, 0.25) is 0 Å². The second-order valence-electron chi connectivity index (χ2n) is 7.15. The minimum Gasteiger partial charge on any atom is -0.423 e. The summed E-state index contributed by atoms with van der Waals surface area (Å²) in [5.74, 6) is -0.0892. The summed E-state index contributed by atoms with van der Waals surface area (Å²) in [5.41, 5.74) is 2.98. The smallest absolute Gasteiger partial charge is 0.343 e. The molecule has 0 amide bonds. The number of hydrogen-bond acceptors (Lipinski definition) is 4. The quantitative estimate of drug-likeness (QED) is 0.341. The number of aryl methyl sites for hydroxylation is 2. The monoisotopic (exact) mass is 402 g/mol. The van der Waals surface area contributed by atoms with Crippen LogP contribution in [0.25, 0.3) is 0 Å². The van der Waals surface area contributed by atoms with E-state index in [1.54, 1.807) is 42.5 Å². The van der Waals surface area contributed by atoms with Gasteiger partial charge in [0.1, 0.15) is 11.5 Å². The lowest BCUT2D eigenvalue weighted by molar-refractivity contribution is 0.0734. The van der Waals surface area contributed by atoms with Crippen LogP contribution in [-0.4, -0.2) is 11.9 Å². The first-order chi connectivity index (χ1) is 14.6. The lowest BCUT2D eigenvalue weighted by Crippen LogP contribution is -2.12. The van der Waals surface area contributed by atoms with Crippen molar-refractivity contribution in [3.8, 4) is 11.5 Å². The number of carbonyl (C=O) groups excluding carboxylic acids is 2. The summed E-state index contributed by atoms with van der Waals surface area (Å²) in [5, 5.41) is 0. The molecule has 4 heteroatoms. The summed E-state index contributed by atoms with van der Waals surface area (Å²) in [4.78, 5) is 25.0. The molecule has 0 radical (unpaired) electrons. The summed E-state index contributed by atoms with van der Waals surface area (Å²) in [6.07, 6.45) is 4.09. The summed E-state index contributed by atoms with van der Waals surface area (Å²) in [6, 6.07) is 21.3. The molecular formula is C26H26O4. The molecule has 0 heterocycles. The van der Waals surface area contributed by atoms with E-state index in [1.807, 2.05) is 24.3 Å². The topological polar surface area (TPSA) is 52.6 Å². The minimum absolute atomic E-state index is 0.292. The largest absolute Gasteiger partial charge is 0.423 e. The van der Waals surface area contributed by atoms with Gasteiger partial charge in [0.25, 0.3) is 0 Å². The van der Waals surface area contributed by atoms with Gasteiger partial charge in [-0.3, -0.25) is 0 Å². The molecule has 0 saturated carbocycles. The standard InChI is InChI=1S/C26H26O4/c1-3-6-19-10-14-23(15-11-19)29-25(27)21-8-5-9-22(18-21)26(28)30-24-16-12-20(7-4-2)13-17-24/h5,8-18H,3-4,6-7H2,1-2H3. The average molecular weight is 402 g/mol. The van der Waals surface area contributed by atoms with E-state index in [9.17, 15) is 9.59 Å². The van der Waals surface area contributed by atoms with E-state index in [1.165, 1.54) is 17.2 Å². The Morgan fingerprint density at radius 1 is 0.633 bits per heavy atom. The molecule has 0 aromatic heterocycles. The van der Waals surface area contributed by atoms with Gasteiger partial charge in [0, 0.05) is 0 Å². The predicted octanol–water partition coefficient (Wildman–Crippen LogP) is 6.03. The third-order valence-corrected chi connectivity index (χ3v) is 4.68. The number of esters is 2. The van der Waals surface area contributed by atoms with E-state index in [2.05, 4.69) is 13.8 Å². The molecule has 154 valence electrons. The zero-order valence-corrected chi connectivity index (χ0v) is 17.4. The van der Waals surface area contributed by atoms with Crippen LogP contribution < -0.4 is 9.47 Å². The Morgan fingerprint density at radius 2 is 1.03 bits per heavy atom. The van der Waals surface area contributed by atoms with E-state index in [4.69, 9.17) is 9.47 Å². The third-order valence-electron chi connectivity index (χ3n) is 4.68. The van der Waals surface area contributed by atoms with E-state index in [-0.39, 0.29) is 0 Å². The molecule has 30 heavy (non-hydrogen) atoms. The predicted molar refractivity (Wildman–Crippen MR) is 117 cm³/mol. The number of benzene rings is 3. The Hall–Kier alpha value is -3.40. The number of ether oxygens (including phenoxy) is 2. The molecule has 3 rings (SSSR count). The normalized spacial score (nSPS) is 10.5. The second-order valence-corrected chi connectivity index (χ2v) is 7.15. The van der Waals surface area contributed by atoms with Gasteiger partial charge in [-0.05, 0) is 66.4 Å². The van der Waals surface area contributed by atoms with E-state index >= 15 is 0 Å². The molecule has 3 aromatic rings. The number of hydrogen-bond donors (Lipinski definition) is 0. The van der Waals surface area contributed by atoms with Crippen molar-refractivity contribution in [1.29, 1.82) is 0 Å². The van der Waals surface area contributed by atoms with Crippen LogP contribution in [0.15, 0.2) is 72.8 Å². The van der Waals surface area contributed by atoms with Crippen molar-refractivity contribution in [2.45, 2.75) is 39.5 Å². The fraction of sp³-hybridized carbons (Fsp3) is 0.231. The third kappa shape index (κ3) is 5.80. The second kappa shape index (κ2) is 10.4. The Labute approximate surface area is 177 Å². The van der Waals surface area contributed by atoms with Crippen molar-refractivity contribution >= 4 is 11.9 Å². The lowest BCUT2D eigenvalue weighted by Gasteiger charge is -2.08. The van der Waals surface area contributed by atoms with E-state index in [0.29, 0.717) is 22.6 Å². The van der Waals surface area contributed by atoms with Crippen LogP contribution in [0, 0.1) is 0 Å². The Kier molecular flexibility index (Phi) is 7.39. The maximum atomic E-state index is 12.5. The molecule has 0 saturated heterocycles. The van der Waals surface area contributed by atoms with E-state index in [0.717, 1.165) is 25.7 Å². The van der Waals surface area contributed by atoms with Gasteiger partial charge >= 0.3 is 11.9 Å². The van der Waals surface area contributed by atoms with Gasteiger partial charge in [-0.2, -0.15) is 0 Å². The van der Waals surface area contributed by atoms with Crippen LogP contribution in [0.4, 0.5) is 0 Å². The molecule has 0 bridgehead atoms. The number of carbonyl (C=O) groups is 2. The van der Waals surface area contributed by atoms with Gasteiger partial charge in [-0.25, -0.2) is 9.59 Å². The van der Waals surface area contributed by atoms with Gasteiger partial charge < -0.3 is 9.47 Å². The lowest BCUT2D eigenvalue weighted by atomic mass is 10.1. The number of rotatable bonds is 8. The molecule has 0 aliphatic rings. The maximum Gasteiger partial charge on any atom is 0.343 e. The van der Waals surface area contributed by atoms with Gasteiger partial charge in [0.05, 0.1) is 11.1 Å². The Balaban J connectivity index is 1.65. The molecule has 0 atom stereocenters.